The van der Waals surface area contributed by atoms with E-state index in [1.807, 2.05) is 31.2 Å². The van der Waals surface area contributed by atoms with E-state index in [9.17, 15) is 18.3 Å². The van der Waals surface area contributed by atoms with Crippen LogP contribution in [-0.2, 0) is 26.2 Å². The van der Waals surface area contributed by atoms with E-state index >= 15 is 0 Å². The predicted molar refractivity (Wildman–Crippen MR) is 113 cm³/mol. The molecule has 4 atom stereocenters. The molecule has 4 rings (SSSR count). The Kier molecular flexibility index (Phi) is 6.02. The summed E-state index contributed by atoms with van der Waals surface area (Å²) in [4.78, 5) is 14.1. The van der Waals surface area contributed by atoms with Crippen molar-refractivity contribution in [3.63, 3.8) is 0 Å². The highest BCUT2D eigenvalue weighted by Crippen LogP contribution is 2.33. The van der Waals surface area contributed by atoms with Crippen LogP contribution in [0.2, 0.25) is 0 Å². The number of ether oxygens (including phenoxy) is 2. The maximum Gasteiger partial charge on any atom is 0.240 e. The van der Waals surface area contributed by atoms with Gasteiger partial charge >= 0.3 is 0 Å². The molecule has 166 valence electrons. The molecule has 0 radical (unpaired) electrons. The van der Waals surface area contributed by atoms with Crippen LogP contribution in [0.25, 0.3) is 0 Å². The van der Waals surface area contributed by atoms with Gasteiger partial charge in [0.25, 0.3) is 0 Å². The Hall–Kier alpha value is -2.46. The fourth-order valence-corrected chi connectivity index (χ4v) is 5.38. The average Bonchev–Trinajstić information content (AvgIpc) is 3.23. The van der Waals surface area contributed by atoms with Gasteiger partial charge in [0.05, 0.1) is 49.3 Å². The maximum atomic E-state index is 12.7. The Morgan fingerprint density at radius 1 is 1.13 bits per heavy atom. The molecular formula is C22H26N2O6S. The van der Waals surface area contributed by atoms with Crippen LogP contribution in [0.15, 0.2) is 53.4 Å². The Balaban J connectivity index is 1.43. The quantitative estimate of drug-likeness (QED) is 0.663. The van der Waals surface area contributed by atoms with Gasteiger partial charge in [0, 0.05) is 6.54 Å². The second-order valence-electron chi connectivity index (χ2n) is 7.97. The number of carbonyl (C=O) groups is 1. The van der Waals surface area contributed by atoms with E-state index in [1.165, 1.54) is 17.0 Å². The first kappa shape index (κ1) is 21.8. The lowest BCUT2D eigenvalue weighted by Gasteiger charge is -2.24. The topological polar surface area (TPSA) is 105 Å². The van der Waals surface area contributed by atoms with E-state index in [0.717, 1.165) is 16.9 Å². The van der Waals surface area contributed by atoms with Crippen molar-refractivity contribution in [3.8, 4) is 5.75 Å². The smallest absolute Gasteiger partial charge is 0.240 e. The number of amides is 1. The Morgan fingerprint density at radius 2 is 1.81 bits per heavy atom. The van der Waals surface area contributed by atoms with Crippen LogP contribution < -0.4 is 9.46 Å². The van der Waals surface area contributed by atoms with Crippen molar-refractivity contribution in [1.29, 1.82) is 0 Å². The first-order valence-corrected chi connectivity index (χ1v) is 11.6. The maximum absolute atomic E-state index is 12.7. The van der Waals surface area contributed by atoms with E-state index in [-0.39, 0.29) is 30.4 Å². The number of fused-ring (bicyclic) bond motifs is 1. The van der Waals surface area contributed by atoms with Gasteiger partial charge in [0.15, 0.2) is 0 Å². The number of hydrogen-bond acceptors (Lipinski definition) is 6. The Bertz CT molecular complexity index is 1040. The zero-order valence-electron chi connectivity index (χ0n) is 17.4. The second kappa shape index (κ2) is 8.58. The van der Waals surface area contributed by atoms with E-state index in [1.54, 1.807) is 19.2 Å². The number of methoxy groups -OCH3 is 1. The van der Waals surface area contributed by atoms with Gasteiger partial charge < -0.3 is 19.5 Å². The Labute approximate surface area is 181 Å². The van der Waals surface area contributed by atoms with Crippen LogP contribution in [0, 0.1) is 6.92 Å². The lowest BCUT2D eigenvalue weighted by molar-refractivity contribution is -0.128. The van der Waals surface area contributed by atoms with E-state index in [2.05, 4.69) is 4.72 Å². The first-order valence-electron chi connectivity index (χ1n) is 10.1. The molecule has 1 amide bonds. The predicted octanol–water partition coefficient (Wildman–Crippen LogP) is 1.21. The Morgan fingerprint density at radius 3 is 2.45 bits per heavy atom. The molecule has 2 saturated heterocycles. The molecule has 2 heterocycles. The van der Waals surface area contributed by atoms with Gasteiger partial charge in [0.2, 0.25) is 15.9 Å². The molecule has 2 aliphatic heterocycles. The number of aliphatic hydroxyl groups is 1. The third-order valence-electron chi connectivity index (χ3n) is 5.85. The average molecular weight is 447 g/mol. The molecule has 2 fully saturated rings. The van der Waals surface area contributed by atoms with Gasteiger partial charge in [-0.15, -0.1) is 0 Å². The molecule has 2 aliphatic rings. The van der Waals surface area contributed by atoms with Crippen molar-refractivity contribution in [1.82, 2.24) is 9.62 Å². The minimum absolute atomic E-state index is 0.109. The zero-order valence-corrected chi connectivity index (χ0v) is 18.2. The molecule has 31 heavy (non-hydrogen) atoms. The molecule has 8 nitrogen and oxygen atoms in total. The van der Waals surface area contributed by atoms with Crippen LogP contribution in [0.5, 0.6) is 5.75 Å². The standard InChI is InChI=1S/C22H26N2O6S/c1-14-3-9-17(10-4-14)31(27,28)23-18-12-24-20(25)11-19(21(24)22(18)26)30-13-15-5-7-16(29-2)8-6-15/h3-10,18-19,21-23,26H,11-13H2,1-2H3/t18-,19-,21+,22-/m0/s1. The molecule has 0 aliphatic carbocycles. The van der Waals surface area contributed by atoms with Gasteiger partial charge in [-0.1, -0.05) is 29.8 Å². The van der Waals surface area contributed by atoms with Crippen molar-refractivity contribution in [3.05, 3.63) is 59.7 Å². The number of nitrogens with zero attached hydrogens (tertiary/aromatic N) is 1. The lowest BCUT2D eigenvalue weighted by Crippen LogP contribution is -2.46. The normalized spacial score (nSPS) is 25.6. The summed E-state index contributed by atoms with van der Waals surface area (Å²) in [6, 6.07) is 12.5. The summed E-state index contributed by atoms with van der Waals surface area (Å²) in [6.07, 6.45) is -1.42. The van der Waals surface area contributed by atoms with Crippen molar-refractivity contribution in [2.45, 2.75) is 49.1 Å². The third kappa shape index (κ3) is 4.45. The molecule has 0 spiro atoms. The summed E-state index contributed by atoms with van der Waals surface area (Å²) in [5.41, 5.74) is 1.86. The fourth-order valence-electron chi connectivity index (χ4n) is 4.14. The first-order chi connectivity index (χ1) is 14.8. The van der Waals surface area contributed by atoms with Crippen LogP contribution in [0.3, 0.4) is 0 Å². The summed E-state index contributed by atoms with van der Waals surface area (Å²) in [5.74, 6) is 0.585. The summed E-state index contributed by atoms with van der Waals surface area (Å²) in [6.45, 7) is 2.26. The fraction of sp³-hybridized carbons (Fsp3) is 0.409. The van der Waals surface area contributed by atoms with Crippen molar-refractivity contribution in [2.24, 2.45) is 0 Å². The minimum Gasteiger partial charge on any atom is -0.497 e. The molecule has 2 aromatic carbocycles. The van der Waals surface area contributed by atoms with Crippen LogP contribution in [0.1, 0.15) is 17.5 Å². The number of nitrogens with one attached hydrogen (secondary N) is 1. The summed E-state index contributed by atoms with van der Waals surface area (Å²) >= 11 is 0. The highest BCUT2D eigenvalue weighted by Gasteiger charge is 2.53. The number of sulfonamides is 1. The number of carbonyl (C=O) groups excluding carboxylic acids is 1. The minimum atomic E-state index is -3.82. The molecule has 0 unspecified atom stereocenters. The van der Waals surface area contributed by atoms with Gasteiger partial charge in [0.1, 0.15) is 5.75 Å². The molecule has 2 aromatic rings. The van der Waals surface area contributed by atoms with Crippen LogP contribution >= 0.6 is 0 Å². The van der Waals surface area contributed by atoms with Crippen molar-refractivity contribution < 1.29 is 27.8 Å². The van der Waals surface area contributed by atoms with Gasteiger partial charge in [-0.3, -0.25) is 4.79 Å². The summed E-state index contributed by atoms with van der Waals surface area (Å²) < 4.78 is 39.1. The number of rotatable bonds is 7. The van der Waals surface area contributed by atoms with E-state index < -0.39 is 34.3 Å². The van der Waals surface area contributed by atoms with Gasteiger partial charge in [-0.05, 0) is 36.8 Å². The molecule has 0 saturated carbocycles. The lowest BCUT2D eigenvalue weighted by atomic mass is 10.0. The number of benzene rings is 2. The monoisotopic (exact) mass is 446 g/mol. The van der Waals surface area contributed by atoms with Gasteiger partial charge in [-0.25, -0.2) is 13.1 Å². The highest BCUT2D eigenvalue weighted by molar-refractivity contribution is 7.89. The third-order valence-corrected chi connectivity index (χ3v) is 7.36. The number of aryl methyl sites for hydroxylation is 1. The molecule has 9 heteroatoms. The molecule has 0 aromatic heterocycles. The second-order valence-corrected chi connectivity index (χ2v) is 9.68. The number of hydrogen-bond donors (Lipinski definition) is 2. The van der Waals surface area contributed by atoms with Gasteiger partial charge in [-0.2, -0.15) is 0 Å². The molecule has 2 N–H and O–H groups in total. The summed E-state index contributed by atoms with van der Waals surface area (Å²) in [5, 5.41) is 10.8. The van der Waals surface area contributed by atoms with Crippen LogP contribution in [-0.4, -0.2) is 62.3 Å². The van der Waals surface area contributed by atoms with Crippen molar-refractivity contribution in [2.75, 3.05) is 13.7 Å². The van der Waals surface area contributed by atoms with E-state index in [0.29, 0.717) is 0 Å². The highest BCUT2D eigenvalue weighted by atomic mass is 32.2. The van der Waals surface area contributed by atoms with Crippen molar-refractivity contribution >= 4 is 15.9 Å². The number of aliphatic hydroxyl groups excluding tert-OH is 1. The SMILES string of the molecule is COc1ccc(CO[C@H]2CC(=O)N3C[C@H](NS(=O)(=O)c4ccc(C)cc4)[C@H](O)[C@@H]23)cc1. The zero-order chi connectivity index (χ0) is 22.2. The molecular weight excluding hydrogens is 420 g/mol. The van der Waals surface area contributed by atoms with E-state index in [4.69, 9.17) is 9.47 Å². The largest absolute Gasteiger partial charge is 0.497 e. The summed E-state index contributed by atoms with van der Waals surface area (Å²) in [7, 11) is -2.23. The molecule has 0 bridgehead atoms. The van der Waals surface area contributed by atoms with Crippen LogP contribution in [0.4, 0.5) is 0 Å².